The van der Waals surface area contributed by atoms with Crippen LogP contribution in [-0.2, 0) is 4.79 Å². The highest BCUT2D eigenvalue weighted by Crippen LogP contribution is 2.34. The highest BCUT2D eigenvalue weighted by atomic mass is 32.2. The first-order valence-electron chi connectivity index (χ1n) is 8.11. The molecular weight excluding hydrogens is 389 g/mol. The highest BCUT2D eigenvalue weighted by molar-refractivity contribution is 7.99. The van der Waals surface area contributed by atoms with Crippen molar-refractivity contribution in [1.29, 1.82) is 0 Å². The quantitative estimate of drug-likeness (QED) is 0.684. The number of carboxylic acids is 1. The number of carboxylic acid groups (broad SMARTS) is 1. The van der Waals surface area contributed by atoms with Gasteiger partial charge in [-0.3, -0.25) is 14.9 Å². The molecule has 2 atom stereocenters. The van der Waals surface area contributed by atoms with Gasteiger partial charge >= 0.3 is 5.97 Å². The first kappa shape index (κ1) is 18.1. The van der Waals surface area contributed by atoms with E-state index in [0.717, 1.165) is 4.90 Å². The molecule has 2 N–H and O–H groups in total. The Hall–Kier alpha value is -2.29. The zero-order valence-corrected chi connectivity index (χ0v) is 15.5. The lowest BCUT2D eigenvalue weighted by molar-refractivity contribution is -0.138. The number of fused-ring (bicyclic) bond motifs is 1. The van der Waals surface area contributed by atoms with Crippen molar-refractivity contribution >= 4 is 40.5 Å². The summed E-state index contributed by atoms with van der Waals surface area (Å²) in [5, 5.41) is 11.6. The van der Waals surface area contributed by atoms with E-state index < -0.39 is 23.2 Å². The number of nitrogens with one attached hydrogen (secondary N) is 1. The van der Waals surface area contributed by atoms with Crippen molar-refractivity contribution in [3.63, 3.8) is 0 Å². The molecule has 0 amide bonds. The van der Waals surface area contributed by atoms with Crippen LogP contribution in [0, 0.1) is 5.82 Å². The largest absolute Gasteiger partial charge is 0.480 e. The Morgan fingerprint density at radius 1 is 1.30 bits per heavy atom. The summed E-state index contributed by atoms with van der Waals surface area (Å²) in [5.74, 6) is -1.13. The molecule has 4 rings (SSSR count). The van der Waals surface area contributed by atoms with E-state index in [0.29, 0.717) is 21.8 Å². The van der Waals surface area contributed by atoms with Gasteiger partial charge in [0, 0.05) is 10.6 Å². The molecule has 0 bridgehead atoms. The number of thioether (sulfide) groups is 1. The molecule has 0 saturated carbocycles. The summed E-state index contributed by atoms with van der Waals surface area (Å²) in [6, 6.07) is 11.3. The van der Waals surface area contributed by atoms with Crippen molar-refractivity contribution in [1.82, 2.24) is 5.32 Å². The smallest absolute Gasteiger partial charge is 0.321 e. The maximum atomic E-state index is 14.6. The minimum Gasteiger partial charge on any atom is -0.480 e. The average Bonchev–Trinajstić information content (AvgIpc) is 3.14. The zero-order valence-electron chi connectivity index (χ0n) is 13.8. The van der Waals surface area contributed by atoms with Crippen molar-refractivity contribution in [3.8, 4) is 0 Å². The molecule has 1 aliphatic heterocycles. The molecule has 1 aliphatic rings. The second-order valence-electron chi connectivity index (χ2n) is 5.98. The van der Waals surface area contributed by atoms with Crippen LogP contribution >= 0.6 is 23.5 Å². The minimum absolute atomic E-state index is 0.142. The third kappa shape index (κ3) is 3.60. The molecule has 0 radical (unpaired) electrons. The van der Waals surface area contributed by atoms with Gasteiger partial charge in [-0.15, -0.1) is 11.8 Å². The Labute approximate surface area is 162 Å². The Morgan fingerprint density at radius 3 is 2.78 bits per heavy atom. The summed E-state index contributed by atoms with van der Waals surface area (Å²) >= 11 is 2.56. The first-order valence-corrected chi connectivity index (χ1v) is 9.98. The molecule has 27 heavy (non-hydrogen) atoms. The highest BCUT2D eigenvalue weighted by Gasteiger charge is 2.32. The van der Waals surface area contributed by atoms with Crippen molar-refractivity contribution in [2.75, 3.05) is 5.75 Å². The number of benzene rings is 2. The van der Waals surface area contributed by atoms with Crippen molar-refractivity contribution in [2.45, 2.75) is 21.2 Å². The van der Waals surface area contributed by atoms with Crippen LogP contribution in [0.1, 0.15) is 10.9 Å². The molecule has 0 aliphatic carbocycles. The van der Waals surface area contributed by atoms with Gasteiger partial charge in [0.25, 0.3) is 0 Å². The van der Waals surface area contributed by atoms with Crippen LogP contribution in [0.3, 0.4) is 0 Å². The lowest BCUT2D eigenvalue weighted by Crippen LogP contribution is -2.34. The third-order valence-electron chi connectivity index (χ3n) is 4.19. The Balaban J connectivity index is 1.69. The van der Waals surface area contributed by atoms with E-state index >= 15 is 0 Å². The predicted octanol–water partition coefficient (Wildman–Crippen LogP) is 3.87. The second-order valence-corrected chi connectivity index (χ2v) is 8.24. The molecule has 2 aromatic carbocycles. The number of hydrogen-bond donors (Lipinski definition) is 2. The fourth-order valence-corrected chi connectivity index (χ4v) is 4.91. The average molecular weight is 403 g/mol. The second kappa shape index (κ2) is 7.38. The van der Waals surface area contributed by atoms with Gasteiger partial charge in [0.05, 0.1) is 21.2 Å². The molecule has 5 nitrogen and oxygen atoms in total. The van der Waals surface area contributed by atoms with Gasteiger partial charge in [-0.1, -0.05) is 30.0 Å². The number of rotatable bonds is 4. The van der Waals surface area contributed by atoms with Crippen LogP contribution in [0.15, 0.2) is 67.7 Å². The van der Waals surface area contributed by atoms with E-state index in [2.05, 4.69) is 5.32 Å². The molecule has 1 saturated heterocycles. The van der Waals surface area contributed by atoms with Crippen LogP contribution in [0.2, 0.25) is 0 Å². The topological polar surface area (TPSA) is 79.5 Å². The monoisotopic (exact) mass is 403 g/mol. The summed E-state index contributed by atoms with van der Waals surface area (Å²) in [6.45, 7) is 0. The molecule has 1 aromatic heterocycles. The molecule has 2 heterocycles. The van der Waals surface area contributed by atoms with Gasteiger partial charge in [0.15, 0.2) is 5.43 Å². The zero-order chi connectivity index (χ0) is 19.0. The first-order chi connectivity index (χ1) is 13.0. The maximum absolute atomic E-state index is 14.6. The molecule has 138 valence electrons. The normalized spacial score (nSPS) is 19.4. The van der Waals surface area contributed by atoms with Crippen molar-refractivity contribution < 1.29 is 18.7 Å². The van der Waals surface area contributed by atoms with Crippen LogP contribution in [0.25, 0.3) is 11.0 Å². The van der Waals surface area contributed by atoms with Crippen molar-refractivity contribution in [3.05, 3.63) is 70.3 Å². The summed E-state index contributed by atoms with van der Waals surface area (Å²) in [5.41, 5.74) is 0.225. The van der Waals surface area contributed by atoms with Gasteiger partial charge in [-0.05, 0) is 24.3 Å². The van der Waals surface area contributed by atoms with Crippen LogP contribution in [0.5, 0.6) is 0 Å². The number of aliphatic carboxylic acids is 1. The third-order valence-corrected chi connectivity index (χ3v) is 6.48. The van der Waals surface area contributed by atoms with Gasteiger partial charge in [-0.2, -0.15) is 0 Å². The number of hydrogen-bond acceptors (Lipinski definition) is 6. The Bertz CT molecular complexity index is 1070. The van der Waals surface area contributed by atoms with E-state index in [1.165, 1.54) is 41.9 Å². The van der Waals surface area contributed by atoms with Crippen LogP contribution < -0.4 is 10.7 Å². The van der Waals surface area contributed by atoms with E-state index in [1.807, 2.05) is 30.3 Å². The van der Waals surface area contributed by atoms with E-state index in [1.54, 1.807) is 0 Å². The Morgan fingerprint density at radius 2 is 2.07 bits per heavy atom. The molecule has 0 spiro atoms. The van der Waals surface area contributed by atoms with Gasteiger partial charge in [0.1, 0.15) is 23.7 Å². The number of halogens is 1. The van der Waals surface area contributed by atoms with Gasteiger partial charge < -0.3 is 9.52 Å². The predicted molar refractivity (Wildman–Crippen MR) is 103 cm³/mol. The summed E-state index contributed by atoms with van der Waals surface area (Å²) in [6.07, 6.45) is 1.33. The SMILES string of the molecule is O=C(O)[C@H]1CSC(c2coc3cc(Sc4ccccc4)c(F)cc3c2=O)N1. The molecule has 3 aromatic rings. The lowest BCUT2D eigenvalue weighted by atomic mass is 10.1. The minimum atomic E-state index is -0.969. The maximum Gasteiger partial charge on any atom is 0.321 e. The van der Waals surface area contributed by atoms with Gasteiger partial charge in [-0.25, -0.2) is 4.39 Å². The van der Waals surface area contributed by atoms with E-state index in [-0.39, 0.29) is 10.8 Å². The molecular formula is C19H14FNO4S2. The fourth-order valence-electron chi connectivity index (χ4n) is 2.81. The number of carbonyl (C=O) groups is 1. The fraction of sp³-hybridized carbons (Fsp3) is 0.158. The van der Waals surface area contributed by atoms with Crippen LogP contribution in [0.4, 0.5) is 4.39 Å². The summed E-state index contributed by atoms with van der Waals surface area (Å²) in [7, 11) is 0. The van der Waals surface area contributed by atoms with E-state index in [9.17, 15) is 14.0 Å². The summed E-state index contributed by atoms with van der Waals surface area (Å²) in [4.78, 5) is 25.1. The van der Waals surface area contributed by atoms with Crippen LogP contribution in [-0.4, -0.2) is 22.9 Å². The molecule has 1 unspecified atom stereocenters. The molecule has 8 heteroatoms. The van der Waals surface area contributed by atoms with Gasteiger partial charge in [0.2, 0.25) is 0 Å². The van der Waals surface area contributed by atoms with E-state index in [4.69, 9.17) is 9.52 Å². The summed E-state index contributed by atoms with van der Waals surface area (Å²) < 4.78 is 20.1. The molecule has 1 fully saturated rings. The van der Waals surface area contributed by atoms with Crippen molar-refractivity contribution in [2.24, 2.45) is 0 Å². The lowest BCUT2D eigenvalue weighted by Gasteiger charge is -2.11. The Kier molecular flexibility index (Phi) is 4.94. The standard InChI is InChI=1S/C19H14FNO4S2/c20-13-6-11-15(7-16(13)27-10-4-2-1-3-5-10)25-8-12(17(11)22)18-21-14(9-26-18)19(23)24/h1-8,14,18,21H,9H2,(H,23,24)/t14-,18?/m1/s1.